The van der Waals surface area contributed by atoms with Crippen molar-refractivity contribution in [2.45, 2.75) is 264 Å². The van der Waals surface area contributed by atoms with Crippen LogP contribution in [0.4, 0.5) is 0 Å². The summed E-state index contributed by atoms with van der Waals surface area (Å²) in [5, 5.41) is 4.96. The molecule has 0 amide bonds. The Balaban J connectivity index is 0.558. The predicted octanol–water partition coefficient (Wildman–Crippen LogP) is 35.9. The van der Waals surface area contributed by atoms with E-state index in [1.54, 1.807) is 11.1 Å². The summed E-state index contributed by atoms with van der Waals surface area (Å²) in [6.07, 6.45) is 35.9. The van der Waals surface area contributed by atoms with Crippen molar-refractivity contribution < 1.29 is 0 Å². The van der Waals surface area contributed by atoms with Crippen molar-refractivity contribution in [3.05, 3.63) is 356 Å². The van der Waals surface area contributed by atoms with Crippen molar-refractivity contribution in [1.29, 1.82) is 0 Å². The van der Waals surface area contributed by atoms with E-state index in [1.165, 1.54) is 305 Å². The molecule has 0 bridgehead atoms. The topological polar surface area (TPSA) is 43.0 Å². The maximum absolute atomic E-state index is 15.0. The van der Waals surface area contributed by atoms with Gasteiger partial charge >= 0.3 is 0 Å². The van der Waals surface area contributed by atoms with E-state index in [4.69, 9.17) is 0 Å². The molecule has 0 saturated heterocycles. The lowest BCUT2D eigenvalue weighted by Gasteiger charge is -2.33. The molecule has 133 heavy (non-hydrogen) atoms. The molecule has 0 radical (unpaired) electrons. The Morgan fingerprint density at radius 2 is 0.444 bits per heavy atom. The van der Waals surface area contributed by atoms with E-state index < -0.39 is 0 Å². The molecule has 0 atom stereocenters. The second-order valence-electron chi connectivity index (χ2n) is 41.3. The van der Waals surface area contributed by atoms with Gasteiger partial charge in [0.1, 0.15) is 0 Å². The van der Waals surface area contributed by atoms with Crippen molar-refractivity contribution in [2.75, 3.05) is 0 Å². The molecule has 0 fully saturated rings. The molecule has 4 heteroatoms. The Kier molecular flexibility index (Phi) is 23.8. The van der Waals surface area contributed by atoms with Gasteiger partial charge in [-0.1, -0.05) is 446 Å². The number of benzene rings is 15. The van der Waals surface area contributed by atoms with Crippen LogP contribution in [0.15, 0.2) is 295 Å². The molecule has 0 saturated carbocycles. The normalized spacial score (nSPS) is 14.3. The van der Waals surface area contributed by atoms with Crippen molar-refractivity contribution in [3.8, 4) is 122 Å². The molecule has 0 unspecified atom stereocenters. The zero-order valence-corrected chi connectivity index (χ0v) is 80.1. The molecule has 17 aromatic rings. The Morgan fingerprint density at radius 3 is 0.774 bits per heavy atom. The van der Waals surface area contributed by atoms with Crippen LogP contribution in [0.3, 0.4) is 0 Å². The minimum atomic E-state index is -0.312. The molecule has 0 spiro atoms. The summed E-state index contributed by atoms with van der Waals surface area (Å²) >= 11 is 0. The van der Waals surface area contributed by atoms with E-state index in [9.17, 15) is 9.59 Å². The molecule has 0 aliphatic heterocycles. The van der Waals surface area contributed by atoms with Gasteiger partial charge in [-0.2, -0.15) is 4.52 Å². The van der Waals surface area contributed by atoms with Crippen LogP contribution in [0.5, 0.6) is 0 Å². The van der Waals surface area contributed by atoms with Crippen LogP contribution in [-0.2, 0) is 21.7 Å². The molecular weight excluding hydrogens is 1610 g/mol. The molecule has 2 heterocycles. The van der Waals surface area contributed by atoms with Crippen LogP contribution in [-0.4, -0.2) is 9.03 Å². The summed E-state index contributed by atoms with van der Waals surface area (Å²) in [6, 6.07) is 109. The van der Waals surface area contributed by atoms with Gasteiger partial charge in [-0.25, -0.2) is 4.52 Å². The lowest BCUT2D eigenvalue weighted by Crippen LogP contribution is -2.25. The zero-order valence-electron chi connectivity index (χ0n) is 80.1. The SMILES string of the molecule is CCCCCCCCC1(CCCCCCCC)c2ccccc2-c2ccc(-c3ccc4c(c3)C(C)(C)c3cc(-c5ccc(-c6ccc7c(c6)C(CCCCCCCC)(CCCCCCCC)c6cc(-c8ccc9c(c8)C(C)(C)c8cc(-c%10ccc(-c%11cc%12c(=O)n%13c(=O)c%14cc(-c%15ccc(C)cc%15)c%15ccccc%15c%14n%13c%12c%12ccccc%11%12)cc%10)ccc8-9)ccc6-7)cc5)ccc3-4)cc21. The summed E-state index contributed by atoms with van der Waals surface area (Å²) in [4.78, 5) is 29.8. The maximum atomic E-state index is 15.0. The highest BCUT2D eigenvalue weighted by molar-refractivity contribution is 6.17. The van der Waals surface area contributed by atoms with Gasteiger partial charge in [0, 0.05) is 32.4 Å². The number of nitrogens with zero attached hydrogens (tertiary/aromatic N) is 2. The number of hydrogen-bond acceptors (Lipinski definition) is 2. The first-order valence-electron chi connectivity index (χ1n) is 51.3. The highest BCUT2D eigenvalue weighted by atomic mass is 16.2. The van der Waals surface area contributed by atoms with Gasteiger partial charge in [0.15, 0.2) is 0 Å². The molecule has 0 N–H and O–H groups in total. The number of rotatable bonds is 35. The van der Waals surface area contributed by atoms with Crippen LogP contribution in [0.25, 0.3) is 166 Å². The van der Waals surface area contributed by atoms with Gasteiger partial charge in [0.25, 0.3) is 11.1 Å². The van der Waals surface area contributed by atoms with Crippen molar-refractivity contribution >= 4 is 43.4 Å². The molecule has 4 nitrogen and oxygen atoms in total. The summed E-state index contributed by atoms with van der Waals surface area (Å²) in [7, 11) is 0. The van der Waals surface area contributed by atoms with Gasteiger partial charge in [-0.15, -0.1) is 0 Å². The van der Waals surface area contributed by atoms with E-state index >= 15 is 0 Å². The Bertz CT molecular complexity index is 7390. The Labute approximate surface area is 789 Å². The molecular formula is C129H130N2O2. The van der Waals surface area contributed by atoms with Crippen LogP contribution in [0, 0.1) is 6.92 Å². The van der Waals surface area contributed by atoms with E-state index in [0.717, 1.165) is 73.2 Å². The van der Waals surface area contributed by atoms with Gasteiger partial charge in [-0.3, -0.25) is 9.59 Å². The first-order valence-corrected chi connectivity index (χ1v) is 51.3. The Morgan fingerprint density at radius 1 is 0.203 bits per heavy atom. The molecule has 21 rings (SSSR count). The fourth-order valence-corrected chi connectivity index (χ4v) is 25.1. The number of unbranched alkanes of at least 4 members (excludes halogenated alkanes) is 20. The first-order chi connectivity index (χ1) is 65.0. The molecule has 4 aliphatic rings. The number of hydrogen-bond donors (Lipinski definition) is 0. The van der Waals surface area contributed by atoms with Crippen LogP contribution in [0.2, 0.25) is 0 Å². The highest BCUT2D eigenvalue weighted by Crippen LogP contribution is 2.60. The highest BCUT2D eigenvalue weighted by Gasteiger charge is 2.46. The van der Waals surface area contributed by atoms with E-state index in [-0.39, 0.29) is 32.8 Å². The minimum Gasteiger partial charge on any atom is -0.267 e. The fraction of sp³-hybridized carbons (Fsp3) is 0.318. The summed E-state index contributed by atoms with van der Waals surface area (Å²) < 4.78 is 3.28. The summed E-state index contributed by atoms with van der Waals surface area (Å²) in [5.74, 6) is 0. The molecule has 668 valence electrons. The third-order valence-electron chi connectivity index (χ3n) is 32.4. The van der Waals surface area contributed by atoms with Gasteiger partial charge in [0.2, 0.25) is 0 Å². The van der Waals surface area contributed by atoms with Gasteiger partial charge in [-0.05, 0) is 265 Å². The smallest absolute Gasteiger partial charge is 0.267 e. The van der Waals surface area contributed by atoms with Crippen molar-refractivity contribution in [3.63, 3.8) is 0 Å². The average Bonchev–Trinajstić information content (AvgIpc) is 1.54. The van der Waals surface area contributed by atoms with Crippen LogP contribution >= 0.6 is 0 Å². The van der Waals surface area contributed by atoms with E-state index in [2.05, 4.69) is 317 Å². The zero-order chi connectivity index (χ0) is 90.9. The second-order valence-corrected chi connectivity index (χ2v) is 41.3. The van der Waals surface area contributed by atoms with Crippen LogP contribution < -0.4 is 11.1 Å². The second kappa shape index (κ2) is 36.3. The third-order valence-corrected chi connectivity index (χ3v) is 32.4. The quantitative estimate of drug-likeness (QED) is 0.0372. The van der Waals surface area contributed by atoms with Gasteiger partial charge < -0.3 is 0 Å². The molecule has 4 aliphatic carbocycles. The molecule has 15 aromatic carbocycles. The number of aromatic nitrogens is 2. The fourth-order valence-electron chi connectivity index (χ4n) is 25.1. The van der Waals surface area contributed by atoms with Crippen molar-refractivity contribution in [2.24, 2.45) is 0 Å². The molecule has 2 aromatic heterocycles. The lowest BCUT2D eigenvalue weighted by atomic mass is 9.70. The summed E-state index contributed by atoms with van der Waals surface area (Å²) in [5.41, 5.74) is 41.0. The summed E-state index contributed by atoms with van der Waals surface area (Å²) in [6.45, 7) is 21.2. The van der Waals surface area contributed by atoms with E-state index in [1.807, 2.05) is 34.8 Å². The monoisotopic (exact) mass is 1740 g/mol. The van der Waals surface area contributed by atoms with Crippen molar-refractivity contribution in [1.82, 2.24) is 9.03 Å². The predicted molar refractivity (Wildman–Crippen MR) is 567 cm³/mol. The van der Waals surface area contributed by atoms with Gasteiger partial charge in [0.05, 0.1) is 21.8 Å². The third kappa shape index (κ3) is 15.3. The maximum Gasteiger partial charge on any atom is 0.282 e. The minimum absolute atomic E-state index is 0.0462. The largest absolute Gasteiger partial charge is 0.282 e. The standard InChI is InChI=1S/C129H130N2O2/c1-10-14-18-22-26-36-72-128(73-37-27-23-19-15-11-2)114-45-35-34-42-100(114)105-70-63-96(81-119(105)128)94-61-67-103-101-65-58-91(76-115(101)126(6,7)117(103)78-94)86-50-52-87(53-51-86)93-60-69-106-107-71-64-97(82-121(107)129(120(106)80-93,74-38-28-24-20-16-12-3)75-39-29-25-21-17-13-4)95-62-68-104-102-66-59-92(77-116(102)127(8,9)118(104)79-95)88-54-56-90(57-55-88)111-84-113-123(109-44-33-31-41-99(109)111)130-122-108-43-32-30-40-98(108)110(89-48-46-85(5)47-49-89)83-112(122)124(132)131(130)125(113)133/h30-35,40-71,76-84H,10-29,36-39,72-75H2,1-9H3. The van der Waals surface area contributed by atoms with Crippen LogP contribution in [0.1, 0.15) is 285 Å². The van der Waals surface area contributed by atoms with E-state index in [0.29, 0.717) is 10.8 Å². The first kappa shape index (κ1) is 87.4. The average molecular weight is 1740 g/mol. The lowest BCUT2D eigenvalue weighted by molar-refractivity contribution is 0.398. The number of aryl methyl sites for hydroxylation is 1. The Hall–Kier alpha value is -12.2. The number of fused-ring (bicyclic) bond motifs is 21.